The van der Waals surface area contributed by atoms with Gasteiger partial charge in [0.15, 0.2) is 0 Å². The lowest BCUT2D eigenvalue weighted by Gasteiger charge is -1.99. The van der Waals surface area contributed by atoms with Gasteiger partial charge in [0.05, 0.1) is 0 Å². The summed E-state index contributed by atoms with van der Waals surface area (Å²) in [5, 5.41) is 0. The molecule has 0 aromatic rings. The van der Waals surface area contributed by atoms with Crippen LogP contribution in [-0.2, 0) is 0 Å². The molecular weight excluding hydrogens is 426 g/mol. The summed E-state index contributed by atoms with van der Waals surface area (Å²) in [5.74, 6) is 0. The second-order valence-corrected chi connectivity index (χ2v) is 3.55. The Balaban J connectivity index is -0.000000101. The number of unbranched alkanes of at least 4 members (excludes halogenated alkanes) is 8. The van der Waals surface area contributed by atoms with Crippen LogP contribution in [0.4, 0.5) is 0 Å². The Bertz CT molecular complexity index is 101. The van der Waals surface area contributed by atoms with Gasteiger partial charge >= 0.3 is 0 Å². The van der Waals surface area contributed by atoms with Gasteiger partial charge in [0, 0.05) is 0 Å². The largest absolute Gasteiger partial charge is 0.344 e. The molecule has 16 heavy (non-hydrogen) atoms. The molecule has 0 saturated carbocycles. The molecule has 0 aliphatic heterocycles. The number of hydrogen-bond acceptors (Lipinski definition) is 2. The van der Waals surface area contributed by atoms with Crippen molar-refractivity contribution < 1.29 is 0 Å². The predicted octanol–water partition coefficient (Wildman–Crippen LogP) is 6.26. The van der Waals surface area contributed by atoms with Gasteiger partial charge in [-0.05, 0) is 12.8 Å². The molecule has 0 unspecified atom stereocenters. The normalized spacial score (nSPS) is 7.56. The summed E-state index contributed by atoms with van der Waals surface area (Å²) in [5.41, 5.74) is 0. The number of allylic oxidation sites excluding steroid dienone is 1. The van der Waals surface area contributed by atoms with Crippen LogP contribution in [0, 0.1) is 0 Å². The van der Waals surface area contributed by atoms with Crippen molar-refractivity contribution in [3.8, 4) is 0 Å². The molecule has 6 N–H and O–H groups in total. The minimum absolute atomic E-state index is 0. The van der Waals surface area contributed by atoms with E-state index in [0.717, 1.165) is 0 Å². The van der Waals surface area contributed by atoms with Crippen LogP contribution in [0.25, 0.3) is 0 Å². The molecule has 0 amide bonds. The summed E-state index contributed by atoms with van der Waals surface area (Å²) in [6.07, 6.45) is 14.5. The topological polar surface area (TPSA) is 70.0 Å². The maximum Gasteiger partial charge on any atom is -0.0353 e. The maximum absolute atomic E-state index is 3.72. The van der Waals surface area contributed by atoms with Crippen LogP contribution in [0.15, 0.2) is 12.7 Å². The van der Waals surface area contributed by atoms with Gasteiger partial charge in [0.1, 0.15) is 0 Å². The zero-order chi connectivity index (χ0) is 9.07. The Morgan fingerprint density at radius 3 is 1.50 bits per heavy atom. The Morgan fingerprint density at radius 2 is 1.12 bits per heavy atom. The first-order chi connectivity index (χ1) is 5.91. The van der Waals surface area contributed by atoms with Gasteiger partial charge in [-0.2, -0.15) is 0 Å². The third-order valence-corrected chi connectivity index (χ3v) is 2.26. The predicted molar refractivity (Wildman–Crippen MR) is 98.3 cm³/mol. The molecule has 0 atom stereocenters. The molecule has 0 spiro atoms. The second-order valence-electron chi connectivity index (χ2n) is 3.55. The van der Waals surface area contributed by atoms with Crippen molar-refractivity contribution in [1.29, 1.82) is 0 Å². The van der Waals surface area contributed by atoms with Crippen molar-refractivity contribution in [2.24, 2.45) is 0 Å². The van der Waals surface area contributed by atoms with Gasteiger partial charge in [-0.3, -0.25) is 0 Å². The molecule has 0 saturated heterocycles. The van der Waals surface area contributed by atoms with Crippen molar-refractivity contribution >= 4 is 48.0 Å². The zero-order valence-electron chi connectivity index (χ0n) is 10.9. The lowest BCUT2D eigenvalue weighted by atomic mass is 10.1. The van der Waals surface area contributed by atoms with Crippen LogP contribution >= 0.6 is 48.0 Å². The van der Waals surface area contributed by atoms with E-state index in [-0.39, 0.29) is 60.3 Å². The monoisotopic (exact) mass is 458 g/mol. The summed E-state index contributed by atoms with van der Waals surface area (Å²) in [7, 11) is 0. The van der Waals surface area contributed by atoms with E-state index in [2.05, 4.69) is 13.5 Å². The zero-order valence-corrected chi connectivity index (χ0v) is 15.5. The first-order valence-corrected chi connectivity index (χ1v) is 5.52. The molecule has 0 bridgehead atoms. The molecule has 0 heterocycles. The minimum Gasteiger partial charge on any atom is -0.344 e. The van der Waals surface area contributed by atoms with Crippen molar-refractivity contribution in [2.75, 3.05) is 0 Å². The van der Waals surface area contributed by atoms with Crippen LogP contribution in [0.2, 0.25) is 0 Å². The summed E-state index contributed by atoms with van der Waals surface area (Å²) in [6, 6.07) is 0. The Kier molecular flexibility index (Phi) is 56.4. The van der Waals surface area contributed by atoms with Crippen LogP contribution in [0.5, 0.6) is 0 Å². The average Bonchev–Trinajstić information content (AvgIpc) is 2.10. The standard InChI is InChI=1S/C12H24.2HI.2H3N/c1-3-5-7-9-11-12-10-8-6-4-2;;;;/h3H,1,4-12H2,2H3;2*1H;2*1H3. The highest BCUT2D eigenvalue weighted by atomic mass is 127. The van der Waals surface area contributed by atoms with E-state index < -0.39 is 0 Å². The average molecular weight is 458 g/mol. The van der Waals surface area contributed by atoms with Crippen LogP contribution in [-0.4, -0.2) is 0 Å². The first-order valence-electron chi connectivity index (χ1n) is 5.52. The molecule has 0 radical (unpaired) electrons. The molecule has 2 nitrogen and oxygen atoms in total. The minimum atomic E-state index is 0. The third-order valence-electron chi connectivity index (χ3n) is 2.26. The highest BCUT2D eigenvalue weighted by Gasteiger charge is 1.89. The van der Waals surface area contributed by atoms with E-state index in [0.29, 0.717) is 0 Å². The highest BCUT2D eigenvalue weighted by molar-refractivity contribution is 14.0. The molecule has 0 aliphatic rings. The van der Waals surface area contributed by atoms with E-state index in [1.807, 2.05) is 6.08 Å². The molecule has 0 rings (SSSR count). The fourth-order valence-electron chi connectivity index (χ4n) is 1.42. The van der Waals surface area contributed by atoms with Gasteiger partial charge < -0.3 is 12.3 Å². The molecule has 0 fully saturated rings. The fraction of sp³-hybridized carbons (Fsp3) is 0.833. The summed E-state index contributed by atoms with van der Waals surface area (Å²) >= 11 is 0. The van der Waals surface area contributed by atoms with Crippen molar-refractivity contribution in [3.63, 3.8) is 0 Å². The van der Waals surface area contributed by atoms with Crippen molar-refractivity contribution in [2.45, 2.75) is 64.7 Å². The molecule has 0 aliphatic carbocycles. The van der Waals surface area contributed by atoms with Gasteiger partial charge in [0.25, 0.3) is 0 Å². The lowest BCUT2D eigenvalue weighted by molar-refractivity contribution is 0.578. The van der Waals surface area contributed by atoms with Crippen molar-refractivity contribution in [1.82, 2.24) is 12.3 Å². The molecule has 4 heteroatoms. The van der Waals surface area contributed by atoms with Crippen LogP contribution in [0.3, 0.4) is 0 Å². The smallest absolute Gasteiger partial charge is 0.0353 e. The molecule has 0 aromatic heterocycles. The van der Waals surface area contributed by atoms with Gasteiger partial charge in [0.2, 0.25) is 0 Å². The van der Waals surface area contributed by atoms with E-state index in [9.17, 15) is 0 Å². The number of rotatable bonds is 9. The SMILES string of the molecule is C=CCCCCCCCCCC.I.I.N.N. The van der Waals surface area contributed by atoms with Gasteiger partial charge in [-0.15, -0.1) is 54.5 Å². The number of hydrogen-bond donors (Lipinski definition) is 2. The number of halogens is 2. The maximum atomic E-state index is 3.72. The first kappa shape index (κ1) is 30.3. The molecule has 0 aromatic carbocycles. The van der Waals surface area contributed by atoms with Gasteiger partial charge in [-0.25, -0.2) is 0 Å². The summed E-state index contributed by atoms with van der Waals surface area (Å²) < 4.78 is 0. The molecular formula is C12H32I2N2. The van der Waals surface area contributed by atoms with Crippen molar-refractivity contribution in [3.05, 3.63) is 12.7 Å². The fourth-order valence-corrected chi connectivity index (χ4v) is 1.42. The van der Waals surface area contributed by atoms with E-state index in [1.54, 1.807) is 0 Å². The highest BCUT2D eigenvalue weighted by Crippen LogP contribution is 2.09. The second kappa shape index (κ2) is 29.8. The van der Waals surface area contributed by atoms with Crippen LogP contribution < -0.4 is 12.3 Å². The Labute approximate surface area is 137 Å². The van der Waals surface area contributed by atoms with Crippen LogP contribution in [0.1, 0.15) is 64.7 Å². The summed E-state index contributed by atoms with van der Waals surface area (Å²) in [6.45, 7) is 5.99. The third kappa shape index (κ3) is 29.4. The quantitative estimate of drug-likeness (QED) is 0.243. The molecule has 104 valence electrons. The van der Waals surface area contributed by atoms with E-state index in [1.165, 1.54) is 57.8 Å². The van der Waals surface area contributed by atoms with E-state index >= 15 is 0 Å². The lowest BCUT2D eigenvalue weighted by Crippen LogP contribution is -1.79. The Hall–Kier alpha value is 1.12. The van der Waals surface area contributed by atoms with E-state index in [4.69, 9.17) is 0 Å². The summed E-state index contributed by atoms with van der Waals surface area (Å²) in [4.78, 5) is 0. The van der Waals surface area contributed by atoms with Gasteiger partial charge in [-0.1, -0.05) is 57.9 Å². The Morgan fingerprint density at radius 1 is 0.750 bits per heavy atom.